The normalized spacial score (nSPS) is 33.9. The van der Waals surface area contributed by atoms with E-state index in [2.05, 4.69) is 6.92 Å². The van der Waals surface area contributed by atoms with E-state index in [4.69, 9.17) is 9.47 Å². The molecule has 1 spiro atoms. The van der Waals surface area contributed by atoms with Gasteiger partial charge >= 0.3 is 11.9 Å². The zero-order valence-electron chi connectivity index (χ0n) is 12.5. The monoisotopic (exact) mass is 278 g/mol. The van der Waals surface area contributed by atoms with Crippen molar-refractivity contribution in [1.29, 1.82) is 0 Å². The van der Waals surface area contributed by atoms with E-state index in [9.17, 15) is 9.59 Å². The van der Waals surface area contributed by atoms with Crippen molar-refractivity contribution in [3.63, 3.8) is 0 Å². The summed E-state index contributed by atoms with van der Waals surface area (Å²) in [5, 5.41) is 0. The Bertz CT molecular complexity index is 489. The molecule has 0 saturated heterocycles. The molecule has 0 N–H and O–H groups in total. The number of methoxy groups -OCH3 is 2. The lowest BCUT2D eigenvalue weighted by Crippen LogP contribution is -2.40. The number of esters is 2. The molecular weight excluding hydrogens is 256 g/mol. The quantitative estimate of drug-likeness (QED) is 0.442. The number of rotatable bonds is 2. The van der Waals surface area contributed by atoms with E-state index in [0.717, 1.165) is 25.7 Å². The van der Waals surface area contributed by atoms with E-state index in [1.54, 1.807) is 0 Å². The number of hydrogen-bond acceptors (Lipinski definition) is 4. The van der Waals surface area contributed by atoms with Crippen LogP contribution in [-0.4, -0.2) is 26.2 Å². The predicted molar refractivity (Wildman–Crippen MR) is 72.8 cm³/mol. The molecule has 0 aromatic heterocycles. The Labute approximate surface area is 119 Å². The average molecular weight is 278 g/mol. The lowest BCUT2D eigenvalue weighted by molar-refractivity contribution is -0.169. The summed E-state index contributed by atoms with van der Waals surface area (Å²) in [5.41, 5.74) is 1.96. The first kappa shape index (κ1) is 13.7. The van der Waals surface area contributed by atoms with Gasteiger partial charge in [-0.1, -0.05) is 11.1 Å². The molecule has 0 aromatic rings. The molecule has 0 amide bonds. The van der Waals surface area contributed by atoms with Crippen LogP contribution in [0.1, 0.15) is 45.4 Å². The van der Waals surface area contributed by atoms with Gasteiger partial charge in [0.25, 0.3) is 0 Å². The first-order valence-electron chi connectivity index (χ1n) is 7.36. The molecule has 2 atom stereocenters. The van der Waals surface area contributed by atoms with Gasteiger partial charge in [-0.25, -0.2) is 0 Å². The second-order valence-corrected chi connectivity index (χ2v) is 6.60. The Morgan fingerprint density at radius 3 is 2.40 bits per heavy atom. The lowest BCUT2D eigenvalue weighted by atomic mass is 9.75. The fourth-order valence-electron chi connectivity index (χ4n) is 5.10. The molecule has 3 rings (SSSR count). The van der Waals surface area contributed by atoms with Crippen molar-refractivity contribution in [2.45, 2.75) is 45.4 Å². The Hall–Kier alpha value is -1.32. The third-order valence-electron chi connectivity index (χ3n) is 5.95. The molecule has 4 nitrogen and oxygen atoms in total. The number of carbonyl (C=O) groups excluding carboxylic acids is 2. The minimum Gasteiger partial charge on any atom is -0.468 e. The van der Waals surface area contributed by atoms with E-state index in [-0.39, 0.29) is 5.41 Å². The Morgan fingerprint density at radius 2 is 1.80 bits per heavy atom. The van der Waals surface area contributed by atoms with Gasteiger partial charge in [0.1, 0.15) is 0 Å². The highest BCUT2D eigenvalue weighted by atomic mass is 16.5. The van der Waals surface area contributed by atoms with Crippen LogP contribution in [0.3, 0.4) is 0 Å². The first-order chi connectivity index (χ1) is 9.50. The van der Waals surface area contributed by atoms with Crippen molar-refractivity contribution in [3.8, 4) is 0 Å². The Balaban J connectivity index is 2.03. The summed E-state index contributed by atoms with van der Waals surface area (Å²) in [4.78, 5) is 24.6. The van der Waals surface area contributed by atoms with Crippen LogP contribution >= 0.6 is 0 Å². The molecule has 2 saturated carbocycles. The Morgan fingerprint density at radius 1 is 1.15 bits per heavy atom. The molecule has 2 fully saturated rings. The molecular formula is C16H22O4. The fourth-order valence-corrected chi connectivity index (χ4v) is 5.10. The average Bonchev–Trinajstić information content (AvgIpc) is 3.05. The van der Waals surface area contributed by atoms with Gasteiger partial charge in [0, 0.05) is 0 Å². The van der Waals surface area contributed by atoms with Crippen LogP contribution in [-0.2, 0) is 19.1 Å². The van der Waals surface area contributed by atoms with Gasteiger partial charge in [0.2, 0.25) is 0 Å². The summed E-state index contributed by atoms with van der Waals surface area (Å²) in [7, 11) is 2.71. The highest BCUT2D eigenvalue weighted by Crippen LogP contribution is 2.68. The maximum atomic E-state index is 12.3. The minimum absolute atomic E-state index is 0.0620. The van der Waals surface area contributed by atoms with Gasteiger partial charge in [-0.3, -0.25) is 9.59 Å². The topological polar surface area (TPSA) is 52.6 Å². The minimum atomic E-state index is -1.08. The van der Waals surface area contributed by atoms with Crippen LogP contribution in [0, 0.1) is 16.7 Å². The van der Waals surface area contributed by atoms with Crippen molar-refractivity contribution in [2.75, 3.05) is 14.2 Å². The van der Waals surface area contributed by atoms with E-state index in [1.165, 1.54) is 25.4 Å². The molecule has 110 valence electrons. The van der Waals surface area contributed by atoms with Crippen LogP contribution in [0.2, 0.25) is 0 Å². The lowest BCUT2D eigenvalue weighted by Gasteiger charge is -2.29. The largest absolute Gasteiger partial charge is 0.468 e. The highest BCUT2D eigenvalue weighted by Gasteiger charge is 2.66. The second-order valence-electron chi connectivity index (χ2n) is 6.60. The molecule has 3 aliphatic rings. The number of ether oxygens (including phenoxy) is 2. The number of carbonyl (C=O) groups is 2. The molecule has 0 aromatic carbocycles. The van der Waals surface area contributed by atoms with Crippen LogP contribution < -0.4 is 0 Å². The summed E-state index contributed by atoms with van der Waals surface area (Å²) in [6.07, 6.45) is 5.57. The van der Waals surface area contributed by atoms with Crippen LogP contribution in [0.4, 0.5) is 0 Å². The molecule has 20 heavy (non-hydrogen) atoms. The van der Waals surface area contributed by atoms with Crippen LogP contribution in [0.25, 0.3) is 0 Å². The van der Waals surface area contributed by atoms with E-state index >= 15 is 0 Å². The molecule has 0 bridgehead atoms. The summed E-state index contributed by atoms with van der Waals surface area (Å²) in [6.45, 7) is 2.20. The Kier molecular flexibility index (Phi) is 2.96. The zero-order chi connectivity index (χ0) is 14.5. The van der Waals surface area contributed by atoms with Crippen LogP contribution in [0.5, 0.6) is 0 Å². The van der Waals surface area contributed by atoms with Crippen molar-refractivity contribution in [3.05, 3.63) is 11.1 Å². The third kappa shape index (κ3) is 1.48. The fraction of sp³-hybridized carbons (Fsp3) is 0.750. The van der Waals surface area contributed by atoms with E-state index in [1.807, 2.05) is 0 Å². The van der Waals surface area contributed by atoms with Gasteiger partial charge in [0.15, 0.2) is 5.41 Å². The van der Waals surface area contributed by atoms with Crippen LogP contribution in [0.15, 0.2) is 11.1 Å². The number of hydrogen-bond donors (Lipinski definition) is 0. The van der Waals surface area contributed by atoms with Crippen molar-refractivity contribution < 1.29 is 19.1 Å². The highest BCUT2D eigenvalue weighted by molar-refractivity contribution is 6.00. The predicted octanol–water partition coefficient (Wildman–Crippen LogP) is 2.62. The SMILES string of the molecule is COC(=O)C1(C(=O)OC)C[C@@H]2CCC3=C(C)CC[C@]32C1. The van der Waals surface area contributed by atoms with Crippen molar-refractivity contribution in [1.82, 2.24) is 0 Å². The zero-order valence-corrected chi connectivity index (χ0v) is 12.5. The third-order valence-corrected chi connectivity index (χ3v) is 5.95. The smallest absolute Gasteiger partial charge is 0.323 e. The molecule has 3 aliphatic carbocycles. The molecule has 4 heteroatoms. The maximum Gasteiger partial charge on any atom is 0.323 e. The van der Waals surface area contributed by atoms with Gasteiger partial charge < -0.3 is 9.47 Å². The first-order valence-corrected chi connectivity index (χ1v) is 7.36. The van der Waals surface area contributed by atoms with Gasteiger partial charge in [-0.05, 0) is 56.8 Å². The van der Waals surface area contributed by atoms with Gasteiger partial charge in [0.05, 0.1) is 14.2 Å². The maximum absolute atomic E-state index is 12.3. The van der Waals surface area contributed by atoms with Crippen molar-refractivity contribution >= 4 is 11.9 Å². The number of allylic oxidation sites excluding steroid dienone is 2. The second kappa shape index (κ2) is 4.34. The summed E-state index contributed by atoms with van der Waals surface area (Å²) >= 11 is 0. The van der Waals surface area contributed by atoms with Gasteiger partial charge in [-0.15, -0.1) is 0 Å². The standard InChI is InChI=1S/C16H22O4/c1-10-6-7-15-9-16(13(17)19-2,14(18)20-3)8-11(15)4-5-12(10)15/h11H,4-9H2,1-3H3/t11-,15+/m0/s1. The summed E-state index contributed by atoms with van der Waals surface area (Å²) < 4.78 is 9.88. The molecule has 0 aliphatic heterocycles. The molecule has 0 radical (unpaired) electrons. The van der Waals surface area contributed by atoms with E-state index in [0.29, 0.717) is 18.8 Å². The van der Waals surface area contributed by atoms with E-state index < -0.39 is 17.4 Å². The summed E-state index contributed by atoms with van der Waals surface area (Å²) in [5.74, 6) is -0.415. The van der Waals surface area contributed by atoms with Gasteiger partial charge in [-0.2, -0.15) is 0 Å². The molecule has 0 unspecified atom stereocenters. The summed E-state index contributed by atoms with van der Waals surface area (Å²) in [6, 6.07) is 0. The molecule has 0 heterocycles. The van der Waals surface area contributed by atoms with Crippen molar-refractivity contribution in [2.24, 2.45) is 16.7 Å².